The third-order valence-electron chi connectivity index (χ3n) is 4.04. The van der Waals surface area contributed by atoms with E-state index in [1.807, 2.05) is 19.1 Å². The molecule has 1 amide bonds. The fourth-order valence-electron chi connectivity index (χ4n) is 2.58. The summed E-state index contributed by atoms with van der Waals surface area (Å²) in [5.74, 6) is -0.531. The Morgan fingerprint density at radius 1 is 1.16 bits per heavy atom. The zero-order valence-electron chi connectivity index (χ0n) is 13.8. The summed E-state index contributed by atoms with van der Waals surface area (Å²) in [6, 6.07) is 13.1. The number of nitrogens with one attached hydrogen (secondary N) is 1. The summed E-state index contributed by atoms with van der Waals surface area (Å²) in [6.45, 7) is 3.71. The van der Waals surface area contributed by atoms with Crippen LogP contribution in [0, 0.1) is 12.7 Å². The van der Waals surface area contributed by atoms with Crippen LogP contribution in [0.5, 0.6) is 0 Å². The first kappa shape index (κ1) is 17.2. The quantitative estimate of drug-likeness (QED) is 0.749. The van der Waals surface area contributed by atoms with E-state index < -0.39 is 0 Å². The van der Waals surface area contributed by atoms with Crippen LogP contribution in [-0.4, -0.2) is 15.7 Å². The molecule has 128 valence electrons. The highest BCUT2D eigenvalue weighted by Crippen LogP contribution is 2.18. The molecule has 2 aromatic carbocycles. The maximum absolute atomic E-state index is 13.1. The van der Waals surface area contributed by atoms with Crippen LogP contribution in [0.4, 0.5) is 4.39 Å². The molecule has 0 saturated heterocycles. The number of nitrogens with zero attached hydrogens (tertiary/aromatic N) is 2. The number of amides is 1. The Morgan fingerprint density at radius 3 is 2.44 bits per heavy atom. The Morgan fingerprint density at radius 2 is 1.80 bits per heavy atom. The second-order valence-corrected chi connectivity index (χ2v) is 6.22. The van der Waals surface area contributed by atoms with Crippen molar-refractivity contribution in [3.8, 4) is 5.69 Å². The van der Waals surface area contributed by atoms with E-state index in [4.69, 9.17) is 11.6 Å². The van der Waals surface area contributed by atoms with Crippen LogP contribution in [0.15, 0.2) is 54.7 Å². The Hall–Kier alpha value is -2.66. The maximum atomic E-state index is 13.1. The standard InChI is InChI=1S/C19H17ClFN3O/c1-12(14-3-5-15(20)6-4-14)23-19(25)18-11-22-24(13(18)2)17-9-7-16(21)8-10-17/h3-12H,1-2H3,(H,23,25). The number of hydrogen-bond acceptors (Lipinski definition) is 2. The van der Waals surface area contributed by atoms with E-state index in [1.165, 1.54) is 18.3 Å². The molecule has 0 aliphatic rings. The van der Waals surface area contributed by atoms with Crippen molar-refractivity contribution in [2.45, 2.75) is 19.9 Å². The van der Waals surface area contributed by atoms with Crippen molar-refractivity contribution in [2.24, 2.45) is 0 Å². The molecule has 1 N–H and O–H groups in total. The first-order chi connectivity index (χ1) is 12.0. The maximum Gasteiger partial charge on any atom is 0.255 e. The van der Waals surface area contributed by atoms with Gasteiger partial charge in [-0.05, 0) is 55.8 Å². The molecule has 6 heteroatoms. The third-order valence-corrected chi connectivity index (χ3v) is 4.30. The lowest BCUT2D eigenvalue weighted by Crippen LogP contribution is -2.27. The molecule has 0 radical (unpaired) electrons. The summed E-state index contributed by atoms with van der Waals surface area (Å²) in [5.41, 5.74) is 2.82. The number of aromatic nitrogens is 2. The Bertz CT molecular complexity index is 888. The number of carbonyl (C=O) groups is 1. The van der Waals surface area contributed by atoms with Gasteiger partial charge in [-0.25, -0.2) is 9.07 Å². The van der Waals surface area contributed by atoms with Crippen molar-refractivity contribution in [1.29, 1.82) is 0 Å². The largest absolute Gasteiger partial charge is 0.345 e. The van der Waals surface area contributed by atoms with Crippen LogP contribution in [0.2, 0.25) is 5.02 Å². The Labute approximate surface area is 150 Å². The Kier molecular flexibility index (Phi) is 4.86. The van der Waals surface area contributed by atoms with Crippen LogP contribution >= 0.6 is 11.6 Å². The van der Waals surface area contributed by atoms with Gasteiger partial charge in [0.05, 0.1) is 29.2 Å². The van der Waals surface area contributed by atoms with Crippen molar-refractivity contribution in [3.63, 3.8) is 0 Å². The molecule has 1 unspecified atom stereocenters. The zero-order chi connectivity index (χ0) is 18.0. The normalized spacial score (nSPS) is 12.0. The molecule has 25 heavy (non-hydrogen) atoms. The molecule has 0 aliphatic carbocycles. The topological polar surface area (TPSA) is 46.9 Å². The lowest BCUT2D eigenvalue weighted by Gasteiger charge is -2.14. The fraction of sp³-hybridized carbons (Fsp3) is 0.158. The van der Waals surface area contributed by atoms with E-state index in [2.05, 4.69) is 10.4 Å². The first-order valence-corrected chi connectivity index (χ1v) is 8.20. The zero-order valence-corrected chi connectivity index (χ0v) is 14.6. The second-order valence-electron chi connectivity index (χ2n) is 5.78. The molecule has 1 atom stereocenters. The van der Waals surface area contributed by atoms with Gasteiger partial charge in [-0.3, -0.25) is 4.79 Å². The van der Waals surface area contributed by atoms with Crippen LogP contribution in [0.3, 0.4) is 0 Å². The van der Waals surface area contributed by atoms with E-state index in [-0.39, 0.29) is 17.8 Å². The van der Waals surface area contributed by atoms with Crippen molar-refractivity contribution in [3.05, 3.63) is 82.4 Å². The third kappa shape index (κ3) is 3.72. The highest BCUT2D eigenvalue weighted by molar-refractivity contribution is 6.30. The van der Waals surface area contributed by atoms with Gasteiger partial charge in [0.1, 0.15) is 5.82 Å². The molecule has 0 aliphatic heterocycles. The number of rotatable bonds is 4. The number of carbonyl (C=O) groups excluding carboxylic acids is 1. The highest BCUT2D eigenvalue weighted by atomic mass is 35.5. The minimum atomic E-state index is -0.316. The molecule has 1 aromatic heterocycles. The van der Waals surface area contributed by atoms with Crippen molar-refractivity contribution < 1.29 is 9.18 Å². The monoisotopic (exact) mass is 357 g/mol. The summed E-state index contributed by atoms with van der Waals surface area (Å²) in [6.07, 6.45) is 1.52. The van der Waals surface area contributed by atoms with E-state index in [0.29, 0.717) is 22.0 Å². The van der Waals surface area contributed by atoms with Gasteiger partial charge in [0.25, 0.3) is 5.91 Å². The predicted octanol–water partition coefficient (Wildman–Crippen LogP) is 4.46. The van der Waals surface area contributed by atoms with Crippen molar-refractivity contribution >= 4 is 17.5 Å². The Balaban J connectivity index is 1.79. The number of benzene rings is 2. The van der Waals surface area contributed by atoms with E-state index in [0.717, 1.165) is 5.56 Å². The van der Waals surface area contributed by atoms with Gasteiger partial charge < -0.3 is 5.32 Å². The minimum Gasteiger partial charge on any atom is -0.345 e. The van der Waals surface area contributed by atoms with Crippen LogP contribution in [-0.2, 0) is 0 Å². The molecule has 3 aromatic rings. The average molecular weight is 358 g/mol. The van der Waals surface area contributed by atoms with Gasteiger partial charge in [-0.2, -0.15) is 5.10 Å². The van der Waals surface area contributed by atoms with Gasteiger partial charge >= 0.3 is 0 Å². The lowest BCUT2D eigenvalue weighted by atomic mass is 10.1. The van der Waals surface area contributed by atoms with E-state index >= 15 is 0 Å². The number of hydrogen-bond donors (Lipinski definition) is 1. The first-order valence-electron chi connectivity index (χ1n) is 7.82. The van der Waals surface area contributed by atoms with Gasteiger partial charge in [0.2, 0.25) is 0 Å². The number of halogens is 2. The summed E-state index contributed by atoms with van der Waals surface area (Å²) < 4.78 is 14.7. The van der Waals surface area contributed by atoms with Gasteiger partial charge in [0.15, 0.2) is 0 Å². The van der Waals surface area contributed by atoms with Gasteiger partial charge in [0, 0.05) is 5.02 Å². The van der Waals surface area contributed by atoms with Crippen LogP contribution in [0.25, 0.3) is 5.69 Å². The minimum absolute atomic E-state index is 0.168. The molecule has 1 heterocycles. The summed E-state index contributed by atoms with van der Waals surface area (Å²) in [7, 11) is 0. The van der Waals surface area contributed by atoms with E-state index in [9.17, 15) is 9.18 Å². The smallest absolute Gasteiger partial charge is 0.255 e. The molecule has 4 nitrogen and oxygen atoms in total. The molecule has 0 spiro atoms. The highest BCUT2D eigenvalue weighted by Gasteiger charge is 2.17. The van der Waals surface area contributed by atoms with Crippen molar-refractivity contribution in [2.75, 3.05) is 0 Å². The SMILES string of the molecule is Cc1c(C(=O)NC(C)c2ccc(Cl)cc2)cnn1-c1ccc(F)cc1. The fourth-order valence-corrected chi connectivity index (χ4v) is 2.71. The molecular weight excluding hydrogens is 341 g/mol. The molecule has 0 bridgehead atoms. The summed E-state index contributed by atoms with van der Waals surface area (Å²) in [4.78, 5) is 12.6. The molecular formula is C19H17ClFN3O. The average Bonchev–Trinajstić information content (AvgIpc) is 2.98. The molecule has 3 rings (SSSR count). The second kappa shape index (κ2) is 7.07. The summed E-state index contributed by atoms with van der Waals surface area (Å²) >= 11 is 5.89. The molecule has 0 saturated carbocycles. The van der Waals surface area contributed by atoms with Gasteiger partial charge in [-0.15, -0.1) is 0 Å². The van der Waals surface area contributed by atoms with Crippen LogP contribution in [0.1, 0.15) is 34.6 Å². The molecule has 0 fully saturated rings. The van der Waals surface area contributed by atoms with Crippen molar-refractivity contribution in [1.82, 2.24) is 15.1 Å². The van der Waals surface area contributed by atoms with Crippen LogP contribution < -0.4 is 5.32 Å². The predicted molar refractivity (Wildman–Crippen MR) is 95.6 cm³/mol. The summed E-state index contributed by atoms with van der Waals surface area (Å²) in [5, 5.41) is 7.85. The van der Waals surface area contributed by atoms with Gasteiger partial charge in [-0.1, -0.05) is 23.7 Å². The van der Waals surface area contributed by atoms with E-state index in [1.54, 1.807) is 35.9 Å². The lowest BCUT2D eigenvalue weighted by molar-refractivity contribution is 0.0939.